The number of alkyl carbamates (subject to hydrolysis) is 1. The molecule has 1 aromatic rings. The zero-order valence-electron chi connectivity index (χ0n) is 17.9. The van der Waals surface area contributed by atoms with Crippen LogP contribution < -0.4 is 5.32 Å². The summed E-state index contributed by atoms with van der Waals surface area (Å²) in [5.74, 6) is -0.808. The maximum Gasteiger partial charge on any atom is 0.407 e. The number of amides is 1. The van der Waals surface area contributed by atoms with Crippen molar-refractivity contribution in [1.82, 2.24) is 5.32 Å². The summed E-state index contributed by atoms with van der Waals surface area (Å²) < 4.78 is 15.7. The third-order valence-electron chi connectivity index (χ3n) is 3.83. The summed E-state index contributed by atoms with van der Waals surface area (Å²) in [4.78, 5) is 36.1. The van der Waals surface area contributed by atoms with E-state index < -0.39 is 23.7 Å². The Balaban J connectivity index is 2.56. The second kappa shape index (κ2) is 12.8. The molecule has 1 amide bonds. The number of nitrogens with one attached hydrogen (secondary N) is 1. The molecule has 0 unspecified atom stereocenters. The largest absolute Gasteiger partial charge is 0.466 e. The summed E-state index contributed by atoms with van der Waals surface area (Å²) in [7, 11) is 0. The molecule has 7 heteroatoms. The monoisotopic (exact) mass is 407 g/mol. The van der Waals surface area contributed by atoms with Crippen molar-refractivity contribution in [2.24, 2.45) is 0 Å². The van der Waals surface area contributed by atoms with E-state index in [-0.39, 0.29) is 31.8 Å². The van der Waals surface area contributed by atoms with Gasteiger partial charge in [0.05, 0.1) is 13.0 Å². The van der Waals surface area contributed by atoms with Gasteiger partial charge in [0, 0.05) is 12.5 Å². The van der Waals surface area contributed by atoms with Crippen LogP contribution in [-0.4, -0.2) is 36.3 Å². The van der Waals surface area contributed by atoms with Gasteiger partial charge < -0.3 is 19.5 Å². The minimum Gasteiger partial charge on any atom is -0.466 e. The van der Waals surface area contributed by atoms with Gasteiger partial charge in [-0.2, -0.15) is 0 Å². The Morgan fingerprint density at radius 2 is 1.72 bits per heavy atom. The van der Waals surface area contributed by atoms with Crippen molar-refractivity contribution in [3.63, 3.8) is 0 Å². The van der Waals surface area contributed by atoms with Gasteiger partial charge in [0.1, 0.15) is 12.2 Å². The highest BCUT2D eigenvalue weighted by molar-refractivity contribution is 5.73. The highest BCUT2D eigenvalue weighted by Gasteiger charge is 2.22. The van der Waals surface area contributed by atoms with Crippen LogP contribution in [0.5, 0.6) is 0 Å². The number of esters is 2. The van der Waals surface area contributed by atoms with Gasteiger partial charge in [-0.1, -0.05) is 43.7 Å². The molecule has 0 spiro atoms. The van der Waals surface area contributed by atoms with Crippen LogP contribution in [0.2, 0.25) is 0 Å². The highest BCUT2D eigenvalue weighted by atomic mass is 16.6. The van der Waals surface area contributed by atoms with E-state index in [9.17, 15) is 14.4 Å². The van der Waals surface area contributed by atoms with E-state index in [2.05, 4.69) is 5.32 Å². The Morgan fingerprint density at radius 1 is 1.03 bits per heavy atom. The molecule has 0 fully saturated rings. The van der Waals surface area contributed by atoms with E-state index in [1.165, 1.54) is 0 Å². The Labute approximate surface area is 173 Å². The quantitative estimate of drug-likeness (QED) is 0.337. The van der Waals surface area contributed by atoms with Gasteiger partial charge in [-0.25, -0.2) is 4.79 Å². The van der Waals surface area contributed by atoms with E-state index in [4.69, 9.17) is 14.2 Å². The molecule has 0 aromatic heterocycles. The molecule has 0 saturated heterocycles. The van der Waals surface area contributed by atoms with Gasteiger partial charge in [-0.05, 0) is 39.2 Å². The fraction of sp³-hybridized carbons (Fsp3) is 0.591. The Morgan fingerprint density at radius 3 is 2.34 bits per heavy atom. The molecule has 1 atom stereocenters. The van der Waals surface area contributed by atoms with Crippen LogP contribution in [0, 0.1) is 0 Å². The fourth-order valence-corrected chi connectivity index (χ4v) is 2.43. The summed E-state index contributed by atoms with van der Waals surface area (Å²) in [5, 5.41) is 2.66. The van der Waals surface area contributed by atoms with Crippen molar-refractivity contribution in [2.45, 2.75) is 78.0 Å². The summed E-state index contributed by atoms with van der Waals surface area (Å²) in [6.07, 6.45) is 1.33. The molecule has 0 heterocycles. The van der Waals surface area contributed by atoms with Gasteiger partial charge in [0.2, 0.25) is 0 Å². The number of benzene rings is 1. The second-order valence-corrected chi connectivity index (χ2v) is 7.81. The first-order valence-corrected chi connectivity index (χ1v) is 10.0. The smallest absolute Gasteiger partial charge is 0.407 e. The number of carbonyl (C=O) groups excluding carboxylic acids is 3. The standard InChI is InChI=1S/C22H33NO6/c1-5-6-14-27-20(25)15-18(12-13-19(24)29-22(2,3)4)23-21(26)28-16-17-10-8-7-9-11-17/h7-11,18H,5-6,12-16H2,1-4H3,(H,23,26)/t18-/m0/s1. The number of unbranched alkanes of at least 4 members (excludes halogenated alkanes) is 1. The van der Waals surface area contributed by atoms with Crippen molar-refractivity contribution in [3.8, 4) is 0 Å². The fourth-order valence-electron chi connectivity index (χ4n) is 2.43. The highest BCUT2D eigenvalue weighted by Crippen LogP contribution is 2.12. The van der Waals surface area contributed by atoms with Crippen LogP contribution in [0.15, 0.2) is 30.3 Å². The molecule has 0 aliphatic rings. The van der Waals surface area contributed by atoms with Crippen LogP contribution >= 0.6 is 0 Å². The molecule has 1 rings (SSSR count). The van der Waals surface area contributed by atoms with Crippen molar-refractivity contribution < 1.29 is 28.6 Å². The minimum absolute atomic E-state index is 0.0348. The third-order valence-corrected chi connectivity index (χ3v) is 3.83. The maximum atomic E-state index is 12.1. The summed E-state index contributed by atoms with van der Waals surface area (Å²) in [6.45, 7) is 7.81. The molecular weight excluding hydrogens is 374 g/mol. The van der Waals surface area contributed by atoms with E-state index >= 15 is 0 Å². The molecule has 0 radical (unpaired) electrons. The van der Waals surface area contributed by atoms with Gasteiger partial charge >= 0.3 is 18.0 Å². The number of hydrogen-bond donors (Lipinski definition) is 1. The molecule has 29 heavy (non-hydrogen) atoms. The SMILES string of the molecule is CCCCOC(=O)C[C@H](CCC(=O)OC(C)(C)C)NC(=O)OCc1ccccc1. The van der Waals surface area contributed by atoms with Gasteiger partial charge in [-0.15, -0.1) is 0 Å². The normalized spacial score (nSPS) is 12.0. The first-order valence-electron chi connectivity index (χ1n) is 10.0. The molecule has 0 saturated carbocycles. The van der Waals surface area contributed by atoms with E-state index in [1.807, 2.05) is 37.3 Å². The molecule has 7 nitrogen and oxygen atoms in total. The van der Waals surface area contributed by atoms with Crippen LogP contribution in [0.3, 0.4) is 0 Å². The predicted molar refractivity (Wildman–Crippen MR) is 109 cm³/mol. The average Bonchev–Trinajstić information content (AvgIpc) is 2.64. The van der Waals surface area contributed by atoms with Crippen molar-refractivity contribution in [2.75, 3.05) is 6.61 Å². The molecule has 0 aliphatic heterocycles. The number of carbonyl (C=O) groups is 3. The molecule has 1 N–H and O–H groups in total. The summed E-state index contributed by atoms with van der Waals surface area (Å²) >= 11 is 0. The van der Waals surface area contributed by atoms with Crippen molar-refractivity contribution in [1.29, 1.82) is 0 Å². The van der Waals surface area contributed by atoms with Gasteiger partial charge in [0.15, 0.2) is 0 Å². The topological polar surface area (TPSA) is 90.9 Å². The average molecular weight is 408 g/mol. The van der Waals surface area contributed by atoms with Crippen LogP contribution in [0.25, 0.3) is 0 Å². The van der Waals surface area contributed by atoms with Gasteiger partial charge in [-0.3, -0.25) is 9.59 Å². The molecular formula is C22H33NO6. The van der Waals surface area contributed by atoms with E-state index in [0.29, 0.717) is 6.61 Å². The first kappa shape index (κ1) is 24.5. The Hall–Kier alpha value is -2.57. The van der Waals surface area contributed by atoms with Crippen LogP contribution in [0.1, 0.15) is 65.4 Å². The number of rotatable bonds is 11. The van der Waals surface area contributed by atoms with Crippen LogP contribution in [-0.2, 0) is 30.4 Å². The van der Waals surface area contributed by atoms with Crippen molar-refractivity contribution in [3.05, 3.63) is 35.9 Å². The van der Waals surface area contributed by atoms with Gasteiger partial charge in [0.25, 0.3) is 0 Å². The summed E-state index contributed by atoms with van der Waals surface area (Å²) in [6, 6.07) is 8.69. The number of ether oxygens (including phenoxy) is 3. The zero-order chi connectivity index (χ0) is 21.7. The van der Waals surface area contributed by atoms with E-state index in [0.717, 1.165) is 18.4 Å². The third kappa shape index (κ3) is 12.5. The lowest BCUT2D eigenvalue weighted by atomic mass is 10.1. The second-order valence-electron chi connectivity index (χ2n) is 7.81. The zero-order valence-corrected chi connectivity index (χ0v) is 17.9. The summed E-state index contributed by atoms with van der Waals surface area (Å²) in [5.41, 5.74) is 0.264. The lowest BCUT2D eigenvalue weighted by molar-refractivity contribution is -0.155. The molecule has 0 aliphatic carbocycles. The van der Waals surface area contributed by atoms with E-state index in [1.54, 1.807) is 20.8 Å². The minimum atomic E-state index is -0.649. The Bertz CT molecular complexity index is 638. The number of hydrogen-bond acceptors (Lipinski definition) is 6. The molecule has 0 bridgehead atoms. The first-order chi connectivity index (χ1) is 13.7. The maximum absolute atomic E-state index is 12.1. The molecule has 162 valence electrons. The predicted octanol–water partition coefficient (Wildman–Crippen LogP) is 4.14. The lowest BCUT2D eigenvalue weighted by Gasteiger charge is -2.21. The van der Waals surface area contributed by atoms with Crippen molar-refractivity contribution >= 4 is 18.0 Å². The van der Waals surface area contributed by atoms with Crippen LogP contribution in [0.4, 0.5) is 4.79 Å². The lowest BCUT2D eigenvalue weighted by Crippen LogP contribution is -2.38. The molecule has 1 aromatic carbocycles. The Kier molecular flexibility index (Phi) is 10.8.